The Kier molecular flexibility index (Phi) is 4.66. The smallest absolute Gasteiger partial charge is 0.223 e. The van der Waals surface area contributed by atoms with Gasteiger partial charge in [0.15, 0.2) is 0 Å². The lowest BCUT2D eigenvalue weighted by Crippen LogP contribution is -2.39. The first-order chi connectivity index (χ1) is 10.2. The highest BCUT2D eigenvalue weighted by molar-refractivity contribution is 6.30. The highest BCUT2D eigenvalue weighted by atomic mass is 35.5. The van der Waals surface area contributed by atoms with Gasteiger partial charge in [0.05, 0.1) is 12.6 Å². The Morgan fingerprint density at radius 1 is 1.29 bits per heavy atom. The van der Waals surface area contributed by atoms with Crippen molar-refractivity contribution >= 4 is 17.5 Å². The van der Waals surface area contributed by atoms with Crippen molar-refractivity contribution in [2.75, 3.05) is 19.7 Å². The largest absolute Gasteiger partial charge is 0.493 e. The molecule has 3 rings (SSSR count). The topological polar surface area (TPSA) is 50.4 Å². The molecule has 2 aliphatic heterocycles. The lowest BCUT2D eigenvalue weighted by atomic mass is 9.95. The summed E-state index contributed by atoms with van der Waals surface area (Å²) in [5.41, 5.74) is 1.04. The van der Waals surface area contributed by atoms with Crippen LogP contribution in [0.5, 0.6) is 5.75 Å². The molecule has 1 unspecified atom stereocenters. The fourth-order valence-corrected chi connectivity index (χ4v) is 3.23. The second-order valence-electron chi connectivity index (χ2n) is 5.76. The van der Waals surface area contributed by atoms with Crippen LogP contribution < -0.4 is 15.4 Å². The van der Waals surface area contributed by atoms with Crippen molar-refractivity contribution in [3.8, 4) is 5.75 Å². The van der Waals surface area contributed by atoms with Gasteiger partial charge in [-0.15, -0.1) is 0 Å². The summed E-state index contributed by atoms with van der Waals surface area (Å²) in [6.45, 7) is 2.53. The molecule has 1 fully saturated rings. The minimum absolute atomic E-state index is 0.0298. The molecule has 2 aliphatic rings. The van der Waals surface area contributed by atoms with Crippen LogP contribution in [-0.4, -0.2) is 25.6 Å². The van der Waals surface area contributed by atoms with Crippen LogP contribution in [-0.2, 0) is 4.79 Å². The Morgan fingerprint density at radius 2 is 2.10 bits per heavy atom. The van der Waals surface area contributed by atoms with Crippen LogP contribution in [0.2, 0.25) is 5.02 Å². The van der Waals surface area contributed by atoms with Gasteiger partial charge in [-0.3, -0.25) is 4.79 Å². The summed E-state index contributed by atoms with van der Waals surface area (Å²) in [6.07, 6.45) is 3.68. The van der Waals surface area contributed by atoms with E-state index in [1.165, 1.54) is 0 Å². The SMILES string of the molecule is O=C(NC1CCCOc2cc(Cl)ccc21)C1CCNCC1. The van der Waals surface area contributed by atoms with Crippen LogP contribution in [0.4, 0.5) is 0 Å². The van der Waals surface area contributed by atoms with E-state index >= 15 is 0 Å². The summed E-state index contributed by atoms with van der Waals surface area (Å²) in [5.74, 6) is 1.10. The Labute approximate surface area is 130 Å². The molecule has 0 aromatic heterocycles. The van der Waals surface area contributed by atoms with Crippen LogP contribution in [0, 0.1) is 5.92 Å². The summed E-state index contributed by atoms with van der Waals surface area (Å²) in [7, 11) is 0. The maximum absolute atomic E-state index is 12.4. The van der Waals surface area contributed by atoms with E-state index in [0.29, 0.717) is 11.6 Å². The third kappa shape index (κ3) is 3.50. The zero-order valence-electron chi connectivity index (χ0n) is 12.0. The van der Waals surface area contributed by atoms with Gasteiger partial charge in [-0.05, 0) is 50.9 Å². The molecule has 1 aromatic carbocycles. The zero-order valence-corrected chi connectivity index (χ0v) is 12.8. The predicted octanol–water partition coefficient (Wildman–Crippen LogP) is 2.67. The molecule has 2 N–H and O–H groups in total. The van der Waals surface area contributed by atoms with Gasteiger partial charge in [-0.1, -0.05) is 17.7 Å². The molecule has 114 valence electrons. The first-order valence-corrected chi connectivity index (χ1v) is 8.05. The zero-order chi connectivity index (χ0) is 14.7. The van der Waals surface area contributed by atoms with Crippen molar-refractivity contribution in [3.05, 3.63) is 28.8 Å². The molecule has 1 atom stereocenters. The van der Waals surface area contributed by atoms with E-state index in [1.807, 2.05) is 18.2 Å². The number of rotatable bonds is 2. The molecule has 1 saturated heterocycles. The van der Waals surface area contributed by atoms with E-state index in [9.17, 15) is 4.79 Å². The molecule has 0 spiro atoms. The van der Waals surface area contributed by atoms with Crippen molar-refractivity contribution in [1.29, 1.82) is 0 Å². The molecule has 0 bridgehead atoms. The van der Waals surface area contributed by atoms with Crippen LogP contribution in [0.3, 0.4) is 0 Å². The van der Waals surface area contributed by atoms with Gasteiger partial charge >= 0.3 is 0 Å². The Morgan fingerprint density at radius 3 is 2.90 bits per heavy atom. The quantitative estimate of drug-likeness (QED) is 0.883. The number of piperidine rings is 1. The van der Waals surface area contributed by atoms with E-state index in [1.54, 1.807) is 0 Å². The summed E-state index contributed by atoms with van der Waals surface area (Å²) in [5, 5.41) is 7.17. The molecule has 0 saturated carbocycles. The van der Waals surface area contributed by atoms with Crippen LogP contribution in [0.25, 0.3) is 0 Å². The van der Waals surface area contributed by atoms with E-state index in [0.717, 1.165) is 50.1 Å². The molecular formula is C16H21ClN2O2. The average molecular weight is 309 g/mol. The van der Waals surface area contributed by atoms with Gasteiger partial charge in [0.25, 0.3) is 0 Å². The normalized spacial score (nSPS) is 22.8. The molecule has 1 amide bonds. The molecule has 0 aliphatic carbocycles. The van der Waals surface area contributed by atoms with Gasteiger partial charge in [0, 0.05) is 16.5 Å². The van der Waals surface area contributed by atoms with E-state index in [-0.39, 0.29) is 17.9 Å². The summed E-state index contributed by atoms with van der Waals surface area (Å²) in [4.78, 5) is 12.4. The molecule has 4 nitrogen and oxygen atoms in total. The number of halogens is 1. The lowest BCUT2D eigenvalue weighted by Gasteiger charge is -2.25. The van der Waals surface area contributed by atoms with Crippen LogP contribution in [0.15, 0.2) is 18.2 Å². The Bertz CT molecular complexity index is 515. The minimum atomic E-state index is 0.0298. The lowest BCUT2D eigenvalue weighted by molar-refractivity contribution is -0.126. The van der Waals surface area contributed by atoms with Crippen molar-refractivity contribution in [2.24, 2.45) is 5.92 Å². The third-order valence-electron chi connectivity index (χ3n) is 4.27. The van der Waals surface area contributed by atoms with E-state index < -0.39 is 0 Å². The minimum Gasteiger partial charge on any atom is -0.493 e. The monoisotopic (exact) mass is 308 g/mol. The van der Waals surface area contributed by atoms with Crippen molar-refractivity contribution in [1.82, 2.24) is 10.6 Å². The van der Waals surface area contributed by atoms with Gasteiger partial charge in [0.2, 0.25) is 5.91 Å². The number of fused-ring (bicyclic) bond motifs is 1. The van der Waals surface area contributed by atoms with Crippen LogP contribution >= 0.6 is 11.6 Å². The number of ether oxygens (including phenoxy) is 1. The number of nitrogens with one attached hydrogen (secondary N) is 2. The van der Waals surface area contributed by atoms with Gasteiger partial charge in [-0.2, -0.15) is 0 Å². The van der Waals surface area contributed by atoms with Gasteiger partial charge in [0.1, 0.15) is 5.75 Å². The molecule has 0 radical (unpaired) electrons. The summed E-state index contributed by atoms with van der Waals surface area (Å²) >= 11 is 6.03. The highest BCUT2D eigenvalue weighted by Gasteiger charge is 2.26. The summed E-state index contributed by atoms with van der Waals surface area (Å²) in [6, 6.07) is 5.70. The Balaban J connectivity index is 1.74. The van der Waals surface area contributed by atoms with Crippen molar-refractivity contribution in [3.63, 3.8) is 0 Å². The number of hydrogen-bond acceptors (Lipinski definition) is 3. The number of amides is 1. The average Bonchev–Trinajstić information content (AvgIpc) is 2.70. The van der Waals surface area contributed by atoms with E-state index in [4.69, 9.17) is 16.3 Å². The Hall–Kier alpha value is -1.26. The van der Waals surface area contributed by atoms with Crippen LogP contribution in [0.1, 0.15) is 37.3 Å². The molecule has 1 aromatic rings. The van der Waals surface area contributed by atoms with Gasteiger partial charge < -0.3 is 15.4 Å². The number of hydrogen-bond donors (Lipinski definition) is 2. The fraction of sp³-hybridized carbons (Fsp3) is 0.562. The van der Waals surface area contributed by atoms with Crippen molar-refractivity contribution in [2.45, 2.75) is 31.7 Å². The molecule has 5 heteroatoms. The molecule has 2 heterocycles. The second-order valence-corrected chi connectivity index (χ2v) is 6.19. The second kappa shape index (κ2) is 6.67. The van der Waals surface area contributed by atoms with Crippen molar-refractivity contribution < 1.29 is 9.53 Å². The third-order valence-corrected chi connectivity index (χ3v) is 4.51. The highest BCUT2D eigenvalue weighted by Crippen LogP contribution is 2.34. The first kappa shape index (κ1) is 14.7. The van der Waals surface area contributed by atoms with Gasteiger partial charge in [-0.25, -0.2) is 0 Å². The first-order valence-electron chi connectivity index (χ1n) is 7.67. The molecular weight excluding hydrogens is 288 g/mol. The number of carbonyl (C=O) groups excluding carboxylic acids is 1. The molecule has 21 heavy (non-hydrogen) atoms. The maximum atomic E-state index is 12.4. The maximum Gasteiger partial charge on any atom is 0.223 e. The van der Waals surface area contributed by atoms with E-state index in [2.05, 4.69) is 10.6 Å². The number of benzene rings is 1. The number of carbonyl (C=O) groups is 1. The standard InChI is InChI=1S/C16H21ClN2O2/c17-12-3-4-13-14(2-1-9-21-15(13)10-12)19-16(20)11-5-7-18-8-6-11/h3-4,10-11,14,18H,1-2,5-9H2,(H,19,20). The fourth-order valence-electron chi connectivity index (χ4n) is 3.07. The summed E-state index contributed by atoms with van der Waals surface area (Å²) < 4.78 is 5.74. The predicted molar refractivity (Wildman–Crippen MR) is 82.7 cm³/mol.